The number of para-hydroxylation sites is 1. The number of hydrogen-bond donors (Lipinski definition) is 3. The topological polar surface area (TPSA) is 102 Å². The van der Waals surface area contributed by atoms with Gasteiger partial charge in [0.05, 0.1) is 0 Å². The summed E-state index contributed by atoms with van der Waals surface area (Å²) in [6, 6.07) is 7.72. The predicted molar refractivity (Wildman–Crippen MR) is 93.0 cm³/mol. The molecule has 0 bridgehead atoms. The number of nitrogen functional groups attached to an aromatic ring is 1. The fourth-order valence-electron chi connectivity index (χ4n) is 2.69. The van der Waals surface area contributed by atoms with Crippen molar-refractivity contribution in [2.75, 3.05) is 17.7 Å². The van der Waals surface area contributed by atoms with Gasteiger partial charge in [0.1, 0.15) is 12.7 Å². The summed E-state index contributed by atoms with van der Waals surface area (Å²) in [4.78, 5) is 13.0. The molecule has 4 rings (SSSR count). The van der Waals surface area contributed by atoms with E-state index in [1.165, 1.54) is 11.9 Å². The number of aliphatic hydroxyl groups excluding tert-OH is 1. The van der Waals surface area contributed by atoms with E-state index in [1.54, 1.807) is 6.33 Å². The van der Waals surface area contributed by atoms with Crippen molar-refractivity contribution < 1.29 is 5.11 Å². The number of anilines is 2. The molecule has 24 heavy (non-hydrogen) atoms. The molecule has 1 aromatic carbocycles. The van der Waals surface area contributed by atoms with Gasteiger partial charge in [0, 0.05) is 31.0 Å². The fraction of sp³-hybridized carbons (Fsp3) is 0.235. The highest BCUT2D eigenvalue weighted by atomic mass is 16.3. The Bertz CT molecular complexity index is 916. The largest absolute Gasteiger partial charge is 0.398 e. The first-order chi connectivity index (χ1) is 11.8. The number of rotatable bonds is 5. The second-order valence-corrected chi connectivity index (χ2v) is 5.89. The molecule has 0 saturated heterocycles. The number of nitrogens with zero attached hydrogens (tertiary/aromatic N) is 4. The maximum absolute atomic E-state index is 9.15. The van der Waals surface area contributed by atoms with Gasteiger partial charge in [-0.05, 0) is 23.6 Å². The van der Waals surface area contributed by atoms with Crippen LogP contribution in [0.1, 0.15) is 12.0 Å². The molecular formula is C17H18N6O. The van der Waals surface area contributed by atoms with Gasteiger partial charge in [0.2, 0.25) is 0 Å². The zero-order valence-corrected chi connectivity index (χ0v) is 13.1. The summed E-state index contributed by atoms with van der Waals surface area (Å²) in [5.74, 6) is 0.956. The summed E-state index contributed by atoms with van der Waals surface area (Å²) in [5, 5.41) is 12.4. The van der Waals surface area contributed by atoms with Crippen molar-refractivity contribution in [2.45, 2.75) is 13.0 Å². The Morgan fingerprint density at radius 2 is 2.17 bits per heavy atom. The number of aliphatic hydroxyl groups is 1. The molecule has 1 fully saturated rings. The lowest BCUT2D eigenvalue weighted by atomic mass is 10.2. The number of nitrogens with one attached hydrogen (secondary N) is 1. The summed E-state index contributed by atoms with van der Waals surface area (Å²) < 4.78 is 1.88. The molecule has 122 valence electrons. The molecule has 1 saturated carbocycles. The highest BCUT2D eigenvalue weighted by molar-refractivity contribution is 5.84. The Hall–Kier alpha value is -2.93. The predicted octanol–water partition coefficient (Wildman–Crippen LogP) is 1.87. The monoisotopic (exact) mass is 322 g/mol. The van der Waals surface area contributed by atoms with E-state index in [1.807, 2.05) is 35.0 Å². The van der Waals surface area contributed by atoms with Gasteiger partial charge in [-0.2, -0.15) is 0 Å². The third-order valence-corrected chi connectivity index (χ3v) is 4.23. The van der Waals surface area contributed by atoms with Gasteiger partial charge in [-0.15, -0.1) is 0 Å². The molecule has 3 aromatic rings. The molecule has 1 aliphatic carbocycles. The van der Waals surface area contributed by atoms with E-state index in [2.05, 4.69) is 20.3 Å². The first-order valence-electron chi connectivity index (χ1n) is 7.82. The summed E-state index contributed by atoms with van der Waals surface area (Å²) in [6.45, 7) is 0.762. The van der Waals surface area contributed by atoms with Crippen molar-refractivity contribution in [3.8, 4) is 0 Å². The van der Waals surface area contributed by atoms with Crippen LogP contribution in [0.4, 0.5) is 11.5 Å². The normalized spacial score (nSPS) is 18.2. The molecular weight excluding hydrogens is 304 g/mol. The van der Waals surface area contributed by atoms with Crippen molar-refractivity contribution in [3.05, 3.63) is 48.1 Å². The van der Waals surface area contributed by atoms with E-state index in [9.17, 15) is 0 Å². The SMILES string of the molecule is Nc1ccccc1CNc1ncnc2c1ncn2C=C1CC1CO. The van der Waals surface area contributed by atoms with Crippen molar-refractivity contribution in [1.82, 2.24) is 19.5 Å². The smallest absolute Gasteiger partial charge is 0.169 e. The van der Waals surface area contributed by atoms with Crippen LogP contribution in [0.15, 0.2) is 42.5 Å². The number of aromatic nitrogens is 4. The third-order valence-electron chi connectivity index (χ3n) is 4.23. The van der Waals surface area contributed by atoms with Crippen LogP contribution in [0.25, 0.3) is 17.4 Å². The first-order valence-corrected chi connectivity index (χ1v) is 7.82. The molecule has 4 N–H and O–H groups in total. The maximum atomic E-state index is 9.15. The number of nitrogens with two attached hydrogens (primary N) is 1. The molecule has 7 heteroatoms. The number of hydrogen-bond acceptors (Lipinski definition) is 6. The summed E-state index contributed by atoms with van der Waals surface area (Å²) >= 11 is 0. The molecule has 2 aromatic heterocycles. The van der Waals surface area contributed by atoms with Crippen molar-refractivity contribution >= 4 is 28.9 Å². The molecule has 1 unspecified atom stereocenters. The molecule has 7 nitrogen and oxygen atoms in total. The van der Waals surface area contributed by atoms with E-state index in [0.29, 0.717) is 17.9 Å². The van der Waals surface area contributed by atoms with Gasteiger partial charge in [-0.1, -0.05) is 18.2 Å². The van der Waals surface area contributed by atoms with Crippen LogP contribution >= 0.6 is 0 Å². The van der Waals surface area contributed by atoms with Gasteiger partial charge >= 0.3 is 0 Å². The molecule has 1 atom stereocenters. The minimum Gasteiger partial charge on any atom is -0.398 e. The highest BCUT2D eigenvalue weighted by Crippen LogP contribution is 2.37. The average Bonchev–Trinajstić information content (AvgIpc) is 3.24. The second-order valence-electron chi connectivity index (χ2n) is 5.89. The second kappa shape index (κ2) is 5.93. The quantitative estimate of drug-likeness (QED) is 0.620. The van der Waals surface area contributed by atoms with Crippen LogP contribution < -0.4 is 11.1 Å². The fourth-order valence-corrected chi connectivity index (χ4v) is 2.69. The molecule has 1 aliphatic rings. The Labute approximate surface area is 138 Å². The summed E-state index contributed by atoms with van der Waals surface area (Å²) in [6.07, 6.45) is 6.16. The summed E-state index contributed by atoms with van der Waals surface area (Å²) in [7, 11) is 0. The Morgan fingerprint density at radius 1 is 1.29 bits per heavy atom. The van der Waals surface area contributed by atoms with Crippen molar-refractivity contribution in [3.63, 3.8) is 0 Å². The summed E-state index contributed by atoms with van der Waals surface area (Å²) in [5.41, 5.74) is 10.4. The zero-order chi connectivity index (χ0) is 16.5. The standard InChI is InChI=1S/C17H18N6O/c18-14-4-2-1-3-11(14)6-19-16-15-17(21-9-20-16)23(10-22-15)7-12-5-13(12)8-24/h1-4,7,9-10,13,24H,5-6,8,18H2,(H,19,20,21). The minimum absolute atomic E-state index is 0.193. The van der Waals surface area contributed by atoms with Crippen LogP contribution in [-0.4, -0.2) is 31.2 Å². The van der Waals surface area contributed by atoms with E-state index in [0.717, 1.165) is 23.3 Å². The van der Waals surface area contributed by atoms with E-state index in [4.69, 9.17) is 10.8 Å². The maximum Gasteiger partial charge on any atom is 0.169 e. The number of imidazole rings is 1. The van der Waals surface area contributed by atoms with Crippen molar-refractivity contribution in [2.24, 2.45) is 5.92 Å². The third kappa shape index (κ3) is 2.69. The molecule has 0 aliphatic heterocycles. The van der Waals surface area contributed by atoms with Gasteiger partial charge in [-0.25, -0.2) is 15.0 Å². The average molecular weight is 322 g/mol. The van der Waals surface area contributed by atoms with Crippen LogP contribution in [0.2, 0.25) is 0 Å². The highest BCUT2D eigenvalue weighted by Gasteiger charge is 2.28. The lowest BCUT2D eigenvalue weighted by molar-refractivity contribution is 0.281. The van der Waals surface area contributed by atoms with Gasteiger partial charge in [0.25, 0.3) is 0 Å². The van der Waals surface area contributed by atoms with Gasteiger partial charge in [-0.3, -0.25) is 4.57 Å². The number of fused-ring (bicyclic) bond motifs is 1. The van der Waals surface area contributed by atoms with Crippen molar-refractivity contribution in [1.29, 1.82) is 0 Å². The minimum atomic E-state index is 0.193. The van der Waals surface area contributed by atoms with Gasteiger partial charge in [0.15, 0.2) is 17.0 Å². The van der Waals surface area contributed by atoms with Crippen LogP contribution in [0, 0.1) is 5.92 Å². The lowest BCUT2D eigenvalue weighted by Gasteiger charge is -2.08. The molecule has 0 amide bonds. The van der Waals surface area contributed by atoms with Crippen LogP contribution in [0.3, 0.4) is 0 Å². The zero-order valence-electron chi connectivity index (χ0n) is 13.1. The molecule has 0 spiro atoms. The first kappa shape index (κ1) is 14.6. The Balaban J connectivity index is 1.59. The molecule has 0 radical (unpaired) electrons. The van der Waals surface area contributed by atoms with Gasteiger partial charge < -0.3 is 16.2 Å². The lowest BCUT2D eigenvalue weighted by Crippen LogP contribution is -2.05. The van der Waals surface area contributed by atoms with Crippen LogP contribution in [0.5, 0.6) is 0 Å². The number of benzene rings is 1. The van der Waals surface area contributed by atoms with Crippen LogP contribution in [-0.2, 0) is 6.54 Å². The van der Waals surface area contributed by atoms with E-state index in [-0.39, 0.29) is 12.5 Å². The Kier molecular flexibility index (Phi) is 3.62. The van der Waals surface area contributed by atoms with E-state index < -0.39 is 0 Å². The molecule has 2 heterocycles. The van der Waals surface area contributed by atoms with E-state index >= 15 is 0 Å². The Morgan fingerprint density at radius 3 is 2.96 bits per heavy atom.